The van der Waals surface area contributed by atoms with Crippen LogP contribution in [0, 0.1) is 0 Å². The number of phenolic OH excluding ortho intramolecular Hbond substituents is 6. The molecule has 6 N–H and O–H groups in total. The van der Waals surface area contributed by atoms with Gasteiger partial charge in [0.1, 0.15) is 0 Å². The van der Waals surface area contributed by atoms with Crippen LogP contribution in [-0.4, -0.2) is 30.6 Å². The molecule has 0 aliphatic carbocycles. The van der Waals surface area contributed by atoms with E-state index in [0.29, 0.717) is 11.1 Å². The molecule has 6 nitrogen and oxygen atoms in total. The van der Waals surface area contributed by atoms with Gasteiger partial charge in [0.15, 0.2) is 34.5 Å². The van der Waals surface area contributed by atoms with E-state index < -0.39 is 45.3 Å². The average molecular weight is 410 g/mol. The van der Waals surface area contributed by atoms with Crippen molar-refractivity contribution in [1.82, 2.24) is 0 Å². The Morgan fingerprint density at radius 2 is 0.767 bits per heavy atom. The second-order valence-electron chi connectivity index (χ2n) is 8.56. The van der Waals surface area contributed by atoms with Gasteiger partial charge in [0.2, 0.25) is 0 Å². The molecule has 30 heavy (non-hydrogen) atoms. The Balaban J connectivity index is 2.09. The molecule has 0 fully saturated rings. The van der Waals surface area contributed by atoms with Crippen molar-refractivity contribution in [2.24, 2.45) is 0 Å². The van der Waals surface area contributed by atoms with E-state index in [9.17, 15) is 30.6 Å². The fourth-order valence-corrected chi connectivity index (χ4v) is 3.56. The van der Waals surface area contributed by atoms with E-state index >= 15 is 0 Å². The summed E-state index contributed by atoms with van der Waals surface area (Å²) in [6.45, 7) is 7.73. The second kappa shape index (κ2) is 7.06. The van der Waals surface area contributed by atoms with E-state index in [-0.39, 0.29) is 0 Å². The molecule has 0 radical (unpaired) electrons. The Kier molecular flexibility index (Phi) is 4.98. The van der Waals surface area contributed by atoms with Gasteiger partial charge in [-0.1, -0.05) is 52.0 Å². The molecule has 0 aliphatic heterocycles. The first kappa shape index (κ1) is 21.2. The van der Waals surface area contributed by atoms with Crippen LogP contribution in [0.25, 0.3) is 0 Å². The minimum Gasteiger partial charge on any atom is -0.504 e. The zero-order chi connectivity index (χ0) is 22.4. The van der Waals surface area contributed by atoms with Gasteiger partial charge in [-0.05, 0) is 46.5 Å². The van der Waals surface area contributed by atoms with Gasteiger partial charge in [-0.25, -0.2) is 0 Å². The molecule has 0 unspecified atom stereocenters. The molecule has 3 aromatic rings. The SMILES string of the molecule is CC(C)(c1cccc(C(C)(C)c2cc(O)c(O)c(O)c2)c1)c1cc(O)c(O)c(O)c1. The van der Waals surface area contributed by atoms with Crippen molar-refractivity contribution in [3.8, 4) is 34.5 Å². The fourth-order valence-electron chi connectivity index (χ4n) is 3.56. The van der Waals surface area contributed by atoms with Crippen molar-refractivity contribution in [3.63, 3.8) is 0 Å². The van der Waals surface area contributed by atoms with Crippen LogP contribution in [0.3, 0.4) is 0 Å². The topological polar surface area (TPSA) is 121 Å². The Bertz CT molecular complexity index is 984. The number of benzene rings is 3. The average Bonchev–Trinajstić information content (AvgIpc) is 2.69. The lowest BCUT2D eigenvalue weighted by atomic mass is 9.73. The third-order valence-corrected chi connectivity index (χ3v) is 5.89. The third-order valence-electron chi connectivity index (χ3n) is 5.89. The van der Waals surface area contributed by atoms with Gasteiger partial charge in [0.25, 0.3) is 0 Å². The summed E-state index contributed by atoms with van der Waals surface area (Å²) in [5.41, 5.74) is 1.78. The zero-order valence-electron chi connectivity index (χ0n) is 17.3. The van der Waals surface area contributed by atoms with Gasteiger partial charge in [0.05, 0.1) is 0 Å². The predicted octanol–water partition coefficient (Wildman–Crippen LogP) is 4.57. The summed E-state index contributed by atoms with van der Waals surface area (Å²) in [4.78, 5) is 0. The van der Waals surface area contributed by atoms with Crippen LogP contribution in [0.4, 0.5) is 0 Å². The Morgan fingerprint density at radius 3 is 1.07 bits per heavy atom. The van der Waals surface area contributed by atoms with Crippen molar-refractivity contribution in [1.29, 1.82) is 0 Å². The maximum Gasteiger partial charge on any atom is 0.200 e. The highest BCUT2D eigenvalue weighted by molar-refractivity contribution is 5.56. The summed E-state index contributed by atoms with van der Waals surface area (Å²) >= 11 is 0. The lowest BCUT2D eigenvalue weighted by Crippen LogP contribution is -2.23. The lowest BCUT2D eigenvalue weighted by Gasteiger charge is -2.31. The maximum atomic E-state index is 9.92. The normalized spacial score (nSPS) is 12.1. The van der Waals surface area contributed by atoms with Crippen LogP contribution in [0.2, 0.25) is 0 Å². The highest BCUT2D eigenvalue weighted by Gasteiger charge is 2.30. The summed E-state index contributed by atoms with van der Waals surface area (Å²) in [7, 11) is 0. The monoisotopic (exact) mass is 410 g/mol. The van der Waals surface area contributed by atoms with Gasteiger partial charge in [-0.2, -0.15) is 0 Å². The molecule has 0 heterocycles. The lowest BCUT2D eigenvalue weighted by molar-refractivity contribution is 0.365. The third kappa shape index (κ3) is 3.45. The number of hydrogen-bond acceptors (Lipinski definition) is 6. The first-order valence-electron chi connectivity index (χ1n) is 9.47. The molecule has 3 aromatic carbocycles. The minimum atomic E-state index is -0.617. The highest BCUT2D eigenvalue weighted by atomic mass is 16.3. The Hall–Kier alpha value is -3.54. The quantitative estimate of drug-likeness (QED) is 0.350. The molecular weight excluding hydrogens is 384 g/mol. The standard InChI is InChI=1S/C24H26O6/c1-23(2,15-9-17(25)21(29)18(26)10-15)13-6-5-7-14(8-13)24(3,4)16-11-19(27)22(30)20(28)12-16/h5-12,25-30H,1-4H3. The molecule has 158 valence electrons. The van der Waals surface area contributed by atoms with Crippen molar-refractivity contribution in [3.05, 3.63) is 70.8 Å². The van der Waals surface area contributed by atoms with E-state index in [4.69, 9.17) is 0 Å². The Morgan fingerprint density at radius 1 is 0.467 bits per heavy atom. The highest BCUT2D eigenvalue weighted by Crippen LogP contribution is 2.44. The van der Waals surface area contributed by atoms with Crippen LogP contribution in [-0.2, 0) is 10.8 Å². The van der Waals surface area contributed by atoms with Gasteiger partial charge in [-0.15, -0.1) is 0 Å². The smallest absolute Gasteiger partial charge is 0.200 e. The van der Waals surface area contributed by atoms with Gasteiger partial charge >= 0.3 is 0 Å². The molecule has 0 aliphatic rings. The molecule has 0 spiro atoms. The number of rotatable bonds is 4. The van der Waals surface area contributed by atoms with E-state index in [1.54, 1.807) is 0 Å². The molecular formula is C24H26O6. The molecule has 0 saturated heterocycles. The molecule has 3 rings (SSSR count). The first-order chi connectivity index (χ1) is 13.9. The van der Waals surface area contributed by atoms with Crippen LogP contribution in [0.5, 0.6) is 34.5 Å². The van der Waals surface area contributed by atoms with E-state index in [1.165, 1.54) is 24.3 Å². The van der Waals surface area contributed by atoms with Crippen molar-refractivity contribution in [2.75, 3.05) is 0 Å². The number of hydrogen-bond donors (Lipinski definition) is 6. The fraction of sp³-hybridized carbons (Fsp3) is 0.250. The largest absolute Gasteiger partial charge is 0.504 e. The summed E-state index contributed by atoms with van der Waals surface area (Å²) in [6, 6.07) is 13.4. The summed E-state index contributed by atoms with van der Waals surface area (Å²) in [5, 5.41) is 59.0. The van der Waals surface area contributed by atoms with E-state index in [0.717, 1.165) is 11.1 Å². The first-order valence-corrected chi connectivity index (χ1v) is 9.47. The van der Waals surface area contributed by atoms with Crippen molar-refractivity contribution in [2.45, 2.75) is 38.5 Å². The van der Waals surface area contributed by atoms with Gasteiger partial charge in [0, 0.05) is 10.8 Å². The molecule has 0 saturated carbocycles. The van der Waals surface area contributed by atoms with Gasteiger partial charge in [-0.3, -0.25) is 0 Å². The zero-order valence-corrected chi connectivity index (χ0v) is 17.3. The molecule has 0 aromatic heterocycles. The molecule has 6 heteroatoms. The van der Waals surface area contributed by atoms with Crippen molar-refractivity contribution >= 4 is 0 Å². The predicted molar refractivity (Wildman–Crippen MR) is 114 cm³/mol. The van der Waals surface area contributed by atoms with E-state index in [1.807, 2.05) is 52.0 Å². The second-order valence-corrected chi connectivity index (χ2v) is 8.56. The van der Waals surface area contributed by atoms with Crippen LogP contribution >= 0.6 is 0 Å². The van der Waals surface area contributed by atoms with Gasteiger partial charge < -0.3 is 30.6 Å². The van der Waals surface area contributed by atoms with Crippen molar-refractivity contribution < 1.29 is 30.6 Å². The molecule has 0 bridgehead atoms. The van der Waals surface area contributed by atoms with Crippen LogP contribution in [0.15, 0.2) is 48.5 Å². The summed E-state index contributed by atoms with van der Waals surface area (Å²) in [6.07, 6.45) is 0. The minimum absolute atomic E-state index is 0.399. The summed E-state index contributed by atoms with van der Waals surface area (Å²) in [5.74, 6) is -2.71. The number of aromatic hydroxyl groups is 6. The molecule has 0 amide bonds. The molecule has 0 atom stereocenters. The summed E-state index contributed by atoms with van der Waals surface area (Å²) < 4.78 is 0. The number of phenols is 6. The van der Waals surface area contributed by atoms with Crippen LogP contribution < -0.4 is 0 Å². The van der Waals surface area contributed by atoms with E-state index in [2.05, 4.69) is 0 Å². The Labute approximate surface area is 175 Å². The maximum absolute atomic E-state index is 9.92. The van der Waals surface area contributed by atoms with Crippen LogP contribution in [0.1, 0.15) is 49.9 Å².